The molecule has 0 aliphatic rings. The highest BCUT2D eigenvalue weighted by Crippen LogP contribution is 2.31. The van der Waals surface area contributed by atoms with E-state index in [1.807, 2.05) is 0 Å². The first kappa shape index (κ1) is 21.9. The Morgan fingerprint density at radius 1 is 1.07 bits per heavy atom. The molecule has 0 saturated heterocycles. The molecule has 3 aromatic rings. The molecule has 3 rings (SSSR count). The molecule has 1 aromatic heterocycles. The van der Waals surface area contributed by atoms with Gasteiger partial charge in [0.25, 0.3) is 10.1 Å². The van der Waals surface area contributed by atoms with Crippen LogP contribution in [0.1, 0.15) is 13.8 Å². The zero-order valence-electron chi connectivity index (χ0n) is 15.7. The van der Waals surface area contributed by atoms with Crippen LogP contribution in [-0.4, -0.2) is 55.7 Å². The topological polar surface area (TPSA) is 169 Å². The Hall–Kier alpha value is -2.77. The lowest BCUT2D eigenvalue weighted by Crippen LogP contribution is -2.41. The van der Waals surface area contributed by atoms with Crippen LogP contribution in [0.15, 0.2) is 35.2 Å². The van der Waals surface area contributed by atoms with E-state index in [1.54, 1.807) is 6.07 Å². The van der Waals surface area contributed by atoms with Gasteiger partial charge in [0.05, 0.1) is 4.90 Å². The average Bonchev–Trinajstić information content (AvgIpc) is 2.59. The first-order chi connectivity index (χ1) is 14.0. The minimum atomic E-state index is -4.51. The van der Waals surface area contributed by atoms with E-state index >= 15 is 0 Å². The van der Waals surface area contributed by atoms with Crippen molar-refractivity contribution in [2.45, 2.75) is 31.2 Å². The van der Waals surface area contributed by atoms with E-state index in [9.17, 15) is 28.3 Å². The SMILES string of the molecule is CC(O)N(c1nc(Cl)nc(Nc2ccc3c(O)cc(S(=O)(=O)O)cc3c2)n1)C(C)O. The van der Waals surface area contributed by atoms with Crippen molar-refractivity contribution in [2.24, 2.45) is 0 Å². The van der Waals surface area contributed by atoms with Gasteiger partial charge in [-0.05, 0) is 55.1 Å². The second-order valence-corrected chi connectivity index (χ2v) is 8.14. The number of phenols is 1. The third kappa shape index (κ3) is 4.68. The number of anilines is 3. The first-order valence-corrected chi connectivity index (χ1v) is 10.3. The fourth-order valence-corrected chi connectivity index (χ4v) is 3.53. The van der Waals surface area contributed by atoms with Gasteiger partial charge in [0.15, 0.2) is 0 Å². The van der Waals surface area contributed by atoms with E-state index in [2.05, 4.69) is 20.3 Å². The molecule has 0 aliphatic carbocycles. The molecule has 0 radical (unpaired) electrons. The minimum Gasteiger partial charge on any atom is -0.507 e. The number of halogens is 1. The summed E-state index contributed by atoms with van der Waals surface area (Å²) in [7, 11) is -4.51. The van der Waals surface area contributed by atoms with Crippen LogP contribution in [0, 0.1) is 0 Å². The van der Waals surface area contributed by atoms with E-state index in [1.165, 1.54) is 32.0 Å². The number of hydrogen-bond donors (Lipinski definition) is 5. The molecule has 30 heavy (non-hydrogen) atoms. The summed E-state index contributed by atoms with van der Waals surface area (Å²) >= 11 is 5.94. The Labute approximate surface area is 176 Å². The van der Waals surface area contributed by atoms with Crippen LogP contribution in [0.25, 0.3) is 10.8 Å². The maximum Gasteiger partial charge on any atom is 0.294 e. The molecular weight excluding hydrogens is 438 g/mol. The van der Waals surface area contributed by atoms with Crippen molar-refractivity contribution in [3.05, 3.63) is 35.6 Å². The summed E-state index contributed by atoms with van der Waals surface area (Å²) < 4.78 is 32.0. The summed E-state index contributed by atoms with van der Waals surface area (Å²) in [5.41, 5.74) is 0.406. The molecule has 2 aromatic carbocycles. The largest absolute Gasteiger partial charge is 0.507 e. The number of aromatic nitrogens is 3. The smallest absolute Gasteiger partial charge is 0.294 e. The Morgan fingerprint density at radius 2 is 1.73 bits per heavy atom. The molecule has 0 fully saturated rings. The molecule has 13 heteroatoms. The Balaban J connectivity index is 2.02. The number of benzene rings is 2. The number of hydrogen-bond acceptors (Lipinski definition) is 10. The number of aliphatic hydroxyl groups is 2. The van der Waals surface area contributed by atoms with Crippen molar-refractivity contribution in [1.29, 1.82) is 0 Å². The monoisotopic (exact) mass is 455 g/mol. The molecule has 0 bridgehead atoms. The second kappa shape index (κ2) is 8.16. The van der Waals surface area contributed by atoms with Crippen molar-refractivity contribution in [3.8, 4) is 5.75 Å². The van der Waals surface area contributed by atoms with Crippen molar-refractivity contribution in [1.82, 2.24) is 15.0 Å². The van der Waals surface area contributed by atoms with Gasteiger partial charge in [-0.3, -0.25) is 9.45 Å². The normalized spacial score (nSPS) is 13.8. The van der Waals surface area contributed by atoms with Crippen molar-refractivity contribution < 1.29 is 28.3 Å². The molecule has 0 spiro atoms. The lowest BCUT2D eigenvalue weighted by Gasteiger charge is -2.28. The second-order valence-electron chi connectivity index (χ2n) is 6.38. The third-order valence-corrected chi connectivity index (χ3v) is 5.09. The highest BCUT2D eigenvalue weighted by molar-refractivity contribution is 7.85. The summed E-state index contributed by atoms with van der Waals surface area (Å²) in [5.74, 6) is -0.401. The van der Waals surface area contributed by atoms with E-state index < -0.39 is 27.5 Å². The molecule has 5 N–H and O–H groups in total. The van der Waals surface area contributed by atoms with Crippen molar-refractivity contribution >= 4 is 50.1 Å². The van der Waals surface area contributed by atoms with E-state index in [0.717, 1.165) is 11.0 Å². The zero-order chi connectivity index (χ0) is 22.2. The number of aromatic hydroxyl groups is 1. The maximum atomic E-state index is 11.4. The van der Waals surface area contributed by atoms with Gasteiger partial charge >= 0.3 is 0 Å². The van der Waals surface area contributed by atoms with E-state index in [-0.39, 0.29) is 22.9 Å². The number of nitrogens with one attached hydrogen (secondary N) is 1. The lowest BCUT2D eigenvalue weighted by molar-refractivity contribution is 0.103. The van der Waals surface area contributed by atoms with Crippen LogP contribution < -0.4 is 10.2 Å². The zero-order valence-corrected chi connectivity index (χ0v) is 17.3. The van der Waals surface area contributed by atoms with Crippen LogP contribution >= 0.6 is 11.6 Å². The van der Waals surface area contributed by atoms with Crippen LogP contribution in [0.3, 0.4) is 0 Å². The van der Waals surface area contributed by atoms with Crippen LogP contribution in [0.4, 0.5) is 17.6 Å². The summed E-state index contributed by atoms with van der Waals surface area (Å²) in [5, 5.41) is 33.1. The van der Waals surface area contributed by atoms with Gasteiger partial charge in [-0.25, -0.2) is 0 Å². The van der Waals surface area contributed by atoms with Gasteiger partial charge < -0.3 is 20.6 Å². The van der Waals surface area contributed by atoms with Crippen LogP contribution in [0.5, 0.6) is 5.75 Å². The molecule has 1 heterocycles. The van der Waals surface area contributed by atoms with Gasteiger partial charge in [-0.15, -0.1) is 0 Å². The summed E-state index contributed by atoms with van der Waals surface area (Å²) in [6, 6.07) is 6.76. The highest BCUT2D eigenvalue weighted by atomic mass is 35.5. The Morgan fingerprint density at radius 3 is 2.33 bits per heavy atom. The van der Waals surface area contributed by atoms with Crippen LogP contribution in [0.2, 0.25) is 5.28 Å². The van der Waals surface area contributed by atoms with Gasteiger partial charge in [-0.1, -0.05) is 0 Å². The molecule has 160 valence electrons. The van der Waals surface area contributed by atoms with Gasteiger partial charge in [-0.2, -0.15) is 23.4 Å². The standard InChI is InChI=1S/C17H18ClN5O6S/c1-8(24)23(9(2)25)17-21-15(18)20-16(22-17)19-11-3-4-13-10(5-11)6-12(7-14(13)26)30(27,28)29/h3-9,24-26H,1-2H3,(H,27,28,29)(H,19,20,21,22). The molecule has 0 saturated carbocycles. The highest BCUT2D eigenvalue weighted by Gasteiger charge is 2.21. The fourth-order valence-electron chi connectivity index (χ4n) is 2.84. The summed E-state index contributed by atoms with van der Waals surface area (Å²) in [4.78, 5) is 12.6. The summed E-state index contributed by atoms with van der Waals surface area (Å²) in [6.07, 6.45) is -2.22. The van der Waals surface area contributed by atoms with E-state index in [0.29, 0.717) is 16.5 Å². The predicted molar refractivity (Wildman–Crippen MR) is 109 cm³/mol. The molecule has 11 nitrogen and oxygen atoms in total. The first-order valence-electron chi connectivity index (χ1n) is 8.53. The molecule has 0 aliphatic heterocycles. The molecule has 0 amide bonds. The van der Waals surface area contributed by atoms with Gasteiger partial charge in [0.2, 0.25) is 17.2 Å². The molecule has 2 unspecified atom stereocenters. The number of aliphatic hydroxyl groups excluding tert-OH is 2. The Kier molecular flexibility index (Phi) is 5.97. The average molecular weight is 456 g/mol. The lowest BCUT2D eigenvalue weighted by atomic mass is 10.1. The van der Waals surface area contributed by atoms with Gasteiger partial charge in [0, 0.05) is 17.1 Å². The third-order valence-electron chi connectivity index (χ3n) is 4.09. The van der Waals surface area contributed by atoms with Crippen molar-refractivity contribution in [2.75, 3.05) is 10.2 Å². The van der Waals surface area contributed by atoms with E-state index in [4.69, 9.17) is 11.6 Å². The maximum absolute atomic E-state index is 11.4. The predicted octanol–water partition coefficient (Wildman–Crippen LogP) is 1.86. The number of rotatable bonds is 6. The van der Waals surface area contributed by atoms with Gasteiger partial charge in [0.1, 0.15) is 18.2 Å². The fraction of sp³-hybridized carbons (Fsp3) is 0.235. The number of phenolic OH excluding ortho intramolecular Hbond substituents is 1. The molecule has 2 atom stereocenters. The van der Waals surface area contributed by atoms with Crippen LogP contribution in [-0.2, 0) is 10.1 Å². The quantitative estimate of drug-likeness (QED) is 0.271. The molecular formula is C17H18ClN5O6S. The Bertz CT molecular complexity index is 1200. The van der Waals surface area contributed by atoms with Crippen molar-refractivity contribution in [3.63, 3.8) is 0 Å². The summed E-state index contributed by atoms with van der Waals surface area (Å²) in [6.45, 7) is 2.83. The number of fused-ring (bicyclic) bond motifs is 1. The minimum absolute atomic E-state index is 0.00851. The number of nitrogens with zero attached hydrogens (tertiary/aromatic N) is 4.